The second-order valence-corrected chi connectivity index (χ2v) is 5.15. The molecule has 1 saturated heterocycles. The molecule has 1 amide bonds. The third-order valence-electron chi connectivity index (χ3n) is 3.63. The van der Waals surface area contributed by atoms with Crippen LogP contribution in [0.2, 0.25) is 0 Å². The summed E-state index contributed by atoms with van der Waals surface area (Å²) < 4.78 is 5.91. The maximum Gasteiger partial charge on any atom is 0.246 e. The van der Waals surface area contributed by atoms with Crippen molar-refractivity contribution in [1.82, 2.24) is 9.88 Å². The van der Waals surface area contributed by atoms with Crippen LogP contribution in [0.5, 0.6) is 5.88 Å². The molecule has 1 fully saturated rings. The summed E-state index contributed by atoms with van der Waals surface area (Å²) in [5.74, 6) is 0.675. The summed E-state index contributed by atoms with van der Waals surface area (Å²) in [6, 6.07) is 11.9. The number of hydrogen-bond acceptors (Lipinski definition) is 3. The summed E-state index contributed by atoms with van der Waals surface area (Å²) >= 11 is 0. The molecule has 1 aromatic heterocycles. The van der Waals surface area contributed by atoms with Crippen molar-refractivity contribution in [2.75, 3.05) is 13.1 Å². The van der Waals surface area contributed by atoms with Crippen LogP contribution in [-0.4, -0.2) is 35.0 Å². The first kappa shape index (κ1) is 13.6. The van der Waals surface area contributed by atoms with E-state index in [4.69, 9.17) is 4.74 Å². The lowest BCUT2D eigenvalue weighted by molar-refractivity contribution is -0.125. The summed E-state index contributed by atoms with van der Waals surface area (Å²) in [5.41, 5.74) is 0.926. The average molecular weight is 282 g/mol. The van der Waals surface area contributed by atoms with E-state index in [0.29, 0.717) is 12.4 Å². The third-order valence-corrected chi connectivity index (χ3v) is 3.63. The number of ether oxygens (including phenoxy) is 1. The van der Waals surface area contributed by atoms with Gasteiger partial charge in [0.05, 0.1) is 12.1 Å². The first-order valence-corrected chi connectivity index (χ1v) is 7.20. The summed E-state index contributed by atoms with van der Waals surface area (Å²) in [6.07, 6.45) is 4.23. The largest absolute Gasteiger partial charge is 0.472 e. The summed E-state index contributed by atoms with van der Waals surface area (Å²) in [6.45, 7) is 3.21. The van der Waals surface area contributed by atoms with Crippen LogP contribution >= 0.6 is 0 Å². The molecule has 0 radical (unpaired) electrons. The van der Waals surface area contributed by atoms with Gasteiger partial charge in [-0.05, 0) is 25.1 Å². The predicted octanol–water partition coefficient (Wildman–Crippen LogP) is 2.79. The lowest BCUT2D eigenvalue weighted by Crippen LogP contribution is -2.29. The van der Waals surface area contributed by atoms with Crippen molar-refractivity contribution in [2.24, 2.45) is 0 Å². The van der Waals surface area contributed by atoms with Crippen molar-refractivity contribution in [2.45, 2.75) is 19.4 Å². The molecule has 0 bridgehead atoms. The average Bonchev–Trinajstić information content (AvgIpc) is 2.96. The number of allylic oxidation sites excluding steroid dienone is 1. The number of nitrogens with zero attached hydrogens (tertiary/aromatic N) is 2. The van der Waals surface area contributed by atoms with Gasteiger partial charge in [-0.25, -0.2) is 4.98 Å². The summed E-state index contributed by atoms with van der Waals surface area (Å²) in [5, 5.41) is 1.10. The molecule has 3 rings (SSSR count). The smallest absolute Gasteiger partial charge is 0.246 e. The number of rotatable bonds is 3. The lowest BCUT2D eigenvalue weighted by atomic mass is 10.2. The molecule has 0 saturated carbocycles. The van der Waals surface area contributed by atoms with Gasteiger partial charge in [-0.15, -0.1) is 0 Å². The number of para-hydroxylation sites is 1. The molecule has 21 heavy (non-hydrogen) atoms. The fourth-order valence-corrected chi connectivity index (χ4v) is 2.56. The standard InChI is InChI=1S/C17H18N2O2/c1-2-5-17(20)19-11-10-14(12-19)21-16-9-8-13-6-3-4-7-15(13)18-16/h2-9,14H,10-12H2,1H3. The molecular formula is C17H18N2O2. The van der Waals surface area contributed by atoms with E-state index in [0.717, 1.165) is 23.9 Å². The minimum Gasteiger partial charge on any atom is -0.472 e. The molecule has 1 atom stereocenters. The number of carbonyl (C=O) groups is 1. The van der Waals surface area contributed by atoms with Crippen LogP contribution in [0.3, 0.4) is 0 Å². The van der Waals surface area contributed by atoms with Crippen molar-refractivity contribution in [1.29, 1.82) is 0 Å². The van der Waals surface area contributed by atoms with Gasteiger partial charge in [0.25, 0.3) is 0 Å². The van der Waals surface area contributed by atoms with E-state index in [2.05, 4.69) is 4.98 Å². The second kappa shape index (κ2) is 5.95. The van der Waals surface area contributed by atoms with Crippen LogP contribution < -0.4 is 4.74 Å². The summed E-state index contributed by atoms with van der Waals surface area (Å²) in [4.78, 5) is 18.1. The topological polar surface area (TPSA) is 42.4 Å². The molecule has 0 spiro atoms. The molecule has 1 aliphatic rings. The zero-order valence-electron chi connectivity index (χ0n) is 12.0. The Hall–Kier alpha value is -2.36. The van der Waals surface area contributed by atoms with E-state index in [9.17, 15) is 4.79 Å². The molecule has 2 aromatic rings. The van der Waals surface area contributed by atoms with Gasteiger partial charge < -0.3 is 9.64 Å². The highest BCUT2D eigenvalue weighted by molar-refractivity contribution is 5.87. The highest BCUT2D eigenvalue weighted by atomic mass is 16.5. The van der Waals surface area contributed by atoms with Gasteiger partial charge in [0, 0.05) is 24.4 Å². The van der Waals surface area contributed by atoms with Crippen LogP contribution in [0.15, 0.2) is 48.6 Å². The zero-order chi connectivity index (χ0) is 14.7. The van der Waals surface area contributed by atoms with E-state index in [1.165, 1.54) is 0 Å². The SMILES string of the molecule is CC=CC(=O)N1CCC(Oc2ccc3ccccc3n2)C1. The fraction of sp³-hybridized carbons (Fsp3) is 0.294. The van der Waals surface area contributed by atoms with Gasteiger partial charge in [-0.2, -0.15) is 0 Å². The number of carbonyl (C=O) groups excluding carboxylic acids is 1. The number of benzene rings is 1. The Morgan fingerprint density at radius 3 is 3.05 bits per heavy atom. The molecule has 2 heterocycles. The zero-order valence-corrected chi connectivity index (χ0v) is 12.0. The van der Waals surface area contributed by atoms with Crippen molar-refractivity contribution in [3.63, 3.8) is 0 Å². The van der Waals surface area contributed by atoms with Gasteiger partial charge in [0.1, 0.15) is 6.10 Å². The highest BCUT2D eigenvalue weighted by Gasteiger charge is 2.26. The monoisotopic (exact) mass is 282 g/mol. The Balaban J connectivity index is 1.67. The Kier molecular flexibility index (Phi) is 3.86. The van der Waals surface area contributed by atoms with Crippen molar-refractivity contribution >= 4 is 16.8 Å². The second-order valence-electron chi connectivity index (χ2n) is 5.15. The normalized spacial score (nSPS) is 18.5. The van der Waals surface area contributed by atoms with E-state index in [-0.39, 0.29) is 12.0 Å². The molecule has 4 nitrogen and oxygen atoms in total. The molecule has 1 aromatic carbocycles. The van der Waals surface area contributed by atoms with E-state index >= 15 is 0 Å². The Bertz CT molecular complexity index is 681. The number of pyridine rings is 1. The number of likely N-dealkylation sites (tertiary alicyclic amines) is 1. The van der Waals surface area contributed by atoms with E-state index in [1.807, 2.05) is 48.2 Å². The van der Waals surface area contributed by atoms with Gasteiger partial charge in [0.15, 0.2) is 0 Å². The molecule has 0 N–H and O–H groups in total. The minimum atomic E-state index is 0.0212. The highest BCUT2D eigenvalue weighted by Crippen LogP contribution is 2.20. The van der Waals surface area contributed by atoms with Gasteiger partial charge in [0.2, 0.25) is 11.8 Å². The minimum absolute atomic E-state index is 0.0212. The quantitative estimate of drug-likeness (QED) is 0.813. The predicted molar refractivity (Wildman–Crippen MR) is 82.2 cm³/mol. The van der Waals surface area contributed by atoms with Gasteiger partial charge >= 0.3 is 0 Å². The first-order chi connectivity index (χ1) is 10.3. The first-order valence-electron chi connectivity index (χ1n) is 7.20. The molecule has 0 aliphatic carbocycles. The fourth-order valence-electron chi connectivity index (χ4n) is 2.56. The molecule has 4 heteroatoms. The number of fused-ring (bicyclic) bond motifs is 1. The van der Waals surface area contributed by atoms with E-state index < -0.39 is 0 Å². The van der Waals surface area contributed by atoms with E-state index in [1.54, 1.807) is 12.2 Å². The van der Waals surface area contributed by atoms with Gasteiger partial charge in [-0.3, -0.25) is 4.79 Å². The Morgan fingerprint density at radius 1 is 1.33 bits per heavy atom. The van der Waals surface area contributed by atoms with Crippen LogP contribution in [0.25, 0.3) is 10.9 Å². The number of amides is 1. The van der Waals surface area contributed by atoms with Crippen LogP contribution in [-0.2, 0) is 4.79 Å². The lowest BCUT2D eigenvalue weighted by Gasteiger charge is -2.15. The van der Waals surface area contributed by atoms with Crippen LogP contribution in [0, 0.1) is 0 Å². The van der Waals surface area contributed by atoms with Crippen molar-refractivity contribution in [3.05, 3.63) is 48.6 Å². The Morgan fingerprint density at radius 2 is 2.19 bits per heavy atom. The molecular weight excluding hydrogens is 264 g/mol. The van der Waals surface area contributed by atoms with Crippen molar-refractivity contribution in [3.8, 4) is 5.88 Å². The molecule has 1 aliphatic heterocycles. The Labute approximate surface area is 124 Å². The number of hydrogen-bond donors (Lipinski definition) is 0. The van der Waals surface area contributed by atoms with Gasteiger partial charge in [-0.1, -0.05) is 24.3 Å². The maximum absolute atomic E-state index is 11.8. The van der Waals surface area contributed by atoms with Crippen LogP contribution in [0.4, 0.5) is 0 Å². The maximum atomic E-state index is 11.8. The van der Waals surface area contributed by atoms with Crippen LogP contribution in [0.1, 0.15) is 13.3 Å². The van der Waals surface area contributed by atoms with Crippen molar-refractivity contribution < 1.29 is 9.53 Å². The number of aromatic nitrogens is 1. The third kappa shape index (κ3) is 3.05. The summed E-state index contributed by atoms with van der Waals surface area (Å²) in [7, 11) is 0. The molecule has 108 valence electrons. The molecule has 1 unspecified atom stereocenters.